The average molecular weight is 284 g/mol. The Balaban J connectivity index is 2.24. The van der Waals surface area contributed by atoms with Crippen LogP contribution in [-0.4, -0.2) is 21.8 Å². The van der Waals surface area contributed by atoms with E-state index < -0.39 is 11.9 Å². The van der Waals surface area contributed by atoms with Crippen molar-refractivity contribution in [2.75, 3.05) is 7.05 Å². The Labute approximate surface area is 114 Å². The summed E-state index contributed by atoms with van der Waals surface area (Å²) in [5.41, 5.74) is 0.431. The Kier molecular flexibility index (Phi) is 4.08. The lowest BCUT2D eigenvalue weighted by molar-refractivity contribution is -0.141. The van der Waals surface area contributed by atoms with Crippen LogP contribution in [0.5, 0.6) is 0 Å². The molecule has 0 aliphatic carbocycles. The van der Waals surface area contributed by atoms with Crippen molar-refractivity contribution >= 4 is 0 Å². The standard InChI is InChI=1S/C13H15F3N4/c1-3-10(17-2)11-5-4-9(8-18-11)20-7-6-12(19-20)13(14,15)16/h4-8,10,17H,3H2,1-2H3. The molecule has 0 amide bonds. The van der Waals surface area contributed by atoms with E-state index >= 15 is 0 Å². The van der Waals surface area contributed by atoms with Gasteiger partial charge >= 0.3 is 6.18 Å². The summed E-state index contributed by atoms with van der Waals surface area (Å²) in [7, 11) is 1.84. The van der Waals surface area contributed by atoms with Crippen LogP contribution in [0.1, 0.15) is 30.8 Å². The van der Waals surface area contributed by atoms with E-state index in [4.69, 9.17) is 0 Å². The van der Waals surface area contributed by atoms with Gasteiger partial charge in [0.2, 0.25) is 0 Å². The molecule has 2 aromatic rings. The number of alkyl halides is 3. The zero-order valence-electron chi connectivity index (χ0n) is 11.1. The fourth-order valence-electron chi connectivity index (χ4n) is 1.92. The van der Waals surface area contributed by atoms with Crippen molar-refractivity contribution in [3.8, 4) is 5.69 Å². The molecule has 0 aromatic carbocycles. The molecular formula is C13H15F3N4. The van der Waals surface area contributed by atoms with Crippen molar-refractivity contribution in [1.82, 2.24) is 20.1 Å². The maximum absolute atomic E-state index is 12.5. The number of hydrogen-bond donors (Lipinski definition) is 1. The van der Waals surface area contributed by atoms with Crippen LogP contribution in [-0.2, 0) is 6.18 Å². The SMILES string of the molecule is CCC(NC)c1ccc(-n2ccc(C(F)(F)F)n2)cn1. The smallest absolute Gasteiger partial charge is 0.312 e. The van der Waals surface area contributed by atoms with E-state index in [1.54, 1.807) is 12.1 Å². The van der Waals surface area contributed by atoms with Crippen LogP contribution in [0, 0.1) is 0 Å². The van der Waals surface area contributed by atoms with Gasteiger partial charge in [-0.05, 0) is 31.7 Å². The van der Waals surface area contributed by atoms with Gasteiger partial charge in [-0.1, -0.05) is 6.92 Å². The van der Waals surface area contributed by atoms with Crippen molar-refractivity contribution < 1.29 is 13.2 Å². The van der Waals surface area contributed by atoms with Crippen molar-refractivity contribution in [3.05, 3.63) is 42.0 Å². The van der Waals surface area contributed by atoms with Gasteiger partial charge in [0.15, 0.2) is 5.69 Å². The fourth-order valence-corrected chi connectivity index (χ4v) is 1.92. The monoisotopic (exact) mass is 284 g/mol. The lowest BCUT2D eigenvalue weighted by Crippen LogP contribution is -2.16. The second-order valence-electron chi connectivity index (χ2n) is 4.33. The van der Waals surface area contributed by atoms with Gasteiger partial charge in [-0.15, -0.1) is 0 Å². The minimum Gasteiger partial charge on any atom is -0.312 e. The first-order valence-corrected chi connectivity index (χ1v) is 6.22. The summed E-state index contributed by atoms with van der Waals surface area (Å²) < 4.78 is 38.6. The van der Waals surface area contributed by atoms with Crippen molar-refractivity contribution in [3.63, 3.8) is 0 Å². The Bertz CT molecular complexity index is 556. The Morgan fingerprint density at radius 1 is 1.30 bits per heavy atom. The predicted molar refractivity (Wildman–Crippen MR) is 68.5 cm³/mol. The molecule has 0 saturated carbocycles. The zero-order chi connectivity index (χ0) is 14.8. The van der Waals surface area contributed by atoms with Crippen molar-refractivity contribution in [2.45, 2.75) is 25.6 Å². The number of nitrogens with one attached hydrogen (secondary N) is 1. The van der Waals surface area contributed by atoms with Crippen molar-refractivity contribution in [1.29, 1.82) is 0 Å². The second-order valence-corrected chi connectivity index (χ2v) is 4.33. The predicted octanol–water partition coefficient (Wildman–Crippen LogP) is 2.96. The molecule has 0 saturated heterocycles. The van der Waals surface area contributed by atoms with Crippen LogP contribution in [0.4, 0.5) is 13.2 Å². The molecule has 0 spiro atoms. The molecule has 0 aliphatic rings. The lowest BCUT2D eigenvalue weighted by atomic mass is 10.1. The van der Waals surface area contributed by atoms with Gasteiger partial charge in [0.05, 0.1) is 17.6 Å². The van der Waals surface area contributed by atoms with E-state index in [0.29, 0.717) is 5.69 Å². The largest absolute Gasteiger partial charge is 0.435 e. The summed E-state index contributed by atoms with van der Waals surface area (Å²) in [4.78, 5) is 4.26. The second kappa shape index (κ2) is 5.62. The summed E-state index contributed by atoms with van der Waals surface area (Å²) in [6.45, 7) is 2.03. The van der Waals surface area contributed by atoms with E-state index in [0.717, 1.165) is 18.2 Å². The topological polar surface area (TPSA) is 42.7 Å². The summed E-state index contributed by atoms with van der Waals surface area (Å²) in [5.74, 6) is 0. The Morgan fingerprint density at radius 3 is 2.50 bits per heavy atom. The van der Waals surface area contributed by atoms with Crippen LogP contribution in [0.15, 0.2) is 30.6 Å². The van der Waals surface area contributed by atoms with Gasteiger partial charge in [-0.2, -0.15) is 18.3 Å². The van der Waals surface area contributed by atoms with Gasteiger partial charge in [0.1, 0.15) is 0 Å². The molecule has 1 N–H and O–H groups in total. The molecule has 2 aromatic heterocycles. The molecule has 0 radical (unpaired) electrons. The molecule has 0 bridgehead atoms. The number of hydrogen-bond acceptors (Lipinski definition) is 3. The van der Waals surface area contributed by atoms with Crippen LogP contribution in [0.25, 0.3) is 5.69 Å². The number of rotatable bonds is 4. The first kappa shape index (κ1) is 14.5. The van der Waals surface area contributed by atoms with Gasteiger partial charge < -0.3 is 5.32 Å². The Morgan fingerprint density at radius 2 is 2.05 bits per heavy atom. The lowest BCUT2D eigenvalue weighted by Gasteiger charge is -2.13. The highest BCUT2D eigenvalue weighted by Crippen LogP contribution is 2.27. The third kappa shape index (κ3) is 2.98. The molecule has 2 heterocycles. The number of pyridine rings is 1. The van der Waals surface area contributed by atoms with E-state index in [-0.39, 0.29) is 6.04 Å². The minimum atomic E-state index is -4.43. The summed E-state index contributed by atoms with van der Waals surface area (Å²) in [6.07, 6.45) is -0.766. The quantitative estimate of drug-likeness (QED) is 0.938. The molecule has 2 rings (SSSR count). The van der Waals surface area contributed by atoms with Gasteiger partial charge in [-0.3, -0.25) is 4.98 Å². The number of nitrogens with zero attached hydrogens (tertiary/aromatic N) is 3. The molecule has 0 aliphatic heterocycles. The number of halogens is 3. The highest BCUT2D eigenvalue weighted by Gasteiger charge is 2.33. The Hall–Kier alpha value is -1.89. The first-order chi connectivity index (χ1) is 9.45. The van der Waals surface area contributed by atoms with Crippen LogP contribution in [0.2, 0.25) is 0 Å². The van der Waals surface area contributed by atoms with Crippen LogP contribution in [0.3, 0.4) is 0 Å². The summed E-state index contributed by atoms with van der Waals surface area (Å²) >= 11 is 0. The highest BCUT2D eigenvalue weighted by atomic mass is 19.4. The summed E-state index contributed by atoms with van der Waals surface area (Å²) in [5, 5.41) is 6.62. The molecule has 4 nitrogen and oxygen atoms in total. The third-order valence-corrected chi connectivity index (χ3v) is 3.03. The molecule has 108 valence electrons. The van der Waals surface area contributed by atoms with Crippen LogP contribution < -0.4 is 5.32 Å². The van der Waals surface area contributed by atoms with E-state index in [1.807, 2.05) is 14.0 Å². The van der Waals surface area contributed by atoms with Crippen LogP contribution >= 0.6 is 0 Å². The first-order valence-electron chi connectivity index (χ1n) is 6.22. The van der Waals surface area contributed by atoms with Gasteiger partial charge in [-0.25, -0.2) is 4.68 Å². The zero-order valence-corrected chi connectivity index (χ0v) is 11.1. The maximum atomic E-state index is 12.5. The molecule has 0 fully saturated rings. The van der Waals surface area contributed by atoms with Crippen molar-refractivity contribution in [2.24, 2.45) is 0 Å². The molecular weight excluding hydrogens is 269 g/mol. The normalized spacial score (nSPS) is 13.4. The fraction of sp³-hybridized carbons (Fsp3) is 0.385. The van der Waals surface area contributed by atoms with E-state index in [2.05, 4.69) is 15.4 Å². The number of aromatic nitrogens is 3. The molecule has 1 atom stereocenters. The highest BCUT2D eigenvalue weighted by molar-refractivity contribution is 5.30. The van der Waals surface area contributed by atoms with Gasteiger partial charge in [0, 0.05) is 12.2 Å². The van der Waals surface area contributed by atoms with E-state index in [1.165, 1.54) is 17.1 Å². The molecule has 7 heteroatoms. The molecule has 1 unspecified atom stereocenters. The maximum Gasteiger partial charge on any atom is 0.435 e. The van der Waals surface area contributed by atoms with Gasteiger partial charge in [0.25, 0.3) is 0 Å². The minimum absolute atomic E-state index is 0.132. The average Bonchev–Trinajstić information content (AvgIpc) is 2.90. The molecule has 20 heavy (non-hydrogen) atoms. The van der Waals surface area contributed by atoms with E-state index in [9.17, 15) is 13.2 Å². The summed E-state index contributed by atoms with van der Waals surface area (Å²) in [6, 6.07) is 4.56. The third-order valence-electron chi connectivity index (χ3n) is 3.03.